The second kappa shape index (κ2) is 7.35. The minimum absolute atomic E-state index is 0.152. The highest BCUT2D eigenvalue weighted by atomic mass is 19.2. The van der Waals surface area contributed by atoms with E-state index in [-0.39, 0.29) is 11.4 Å². The summed E-state index contributed by atoms with van der Waals surface area (Å²) in [5, 5.41) is 6.82. The Morgan fingerprint density at radius 2 is 1.92 bits per heavy atom. The zero-order chi connectivity index (χ0) is 18.7. The van der Waals surface area contributed by atoms with Crippen LogP contribution in [0.1, 0.15) is 17.4 Å². The molecule has 1 N–H and O–H groups in total. The Labute approximate surface area is 149 Å². The summed E-state index contributed by atoms with van der Waals surface area (Å²) in [7, 11) is 1.57. The number of hydrogen-bond acceptors (Lipinski definition) is 3. The van der Waals surface area contributed by atoms with Gasteiger partial charge in [0.1, 0.15) is 5.75 Å². The van der Waals surface area contributed by atoms with Crippen LogP contribution in [-0.4, -0.2) is 22.8 Å². The van der Waals surface area contributed by atoms with Gasteiger partial charge in [0.05, 0.1) is 12.8 Å². The zero-order valence-corrected chi connectivity index (χ0v) is 14.3. The number of aryl methyl sites for hydroxylation is 1. The first-order chi connectivity index (χ1) is 12.5. The van der Waals surface area contributed by atoms with Gasteiger partial charge in [-0.1, -0.05) is 12.1 Å². The average Bonchev–Trinajstić information content (AvgIpc) is 3.09. The lowest BCUT2D eigenvalue weighted by molar-refractivity contribution is 0.102. The minimum Gasteiger partial charge on any atom is -0.496 e. The molecule has 134 valence electrons. The fourth-order valence-corrected chi connectivity index (χ4v) is 2.61. The van der Waals surface area contributed by atoms with Crippen LogP contribution in [0.2, 0.25) is 0 Å². The van der Waals surface area contributed by atoms with Crippen molar-refractivity contribution in [1.29, 1.82) is 0 Å². The van der Waals surface area contributed by atoms with Crippen LogP contribution >= 0.6 is 0 Å². The number of benzene rings is 2. The second-order valence-corrected chi connectivity index (χ2v) is 5.51. The SMILES string of the molecule is CCn1nc(C(=O)Nc2ccc(F)c(F)c2)cc1-c1ccccc1OC. The van der Waals surface area contributed by atoms with Crippen molar-refractivity contribution in [3.63, 3.8) is 0 Å². The minimum atomic E-state index is -1.03. The quantitative estimate of drug-likeness (QED) is 0.748. The van der Waals surface area contributed by atoms with E-state index in [1.54, 1.807) is 17.9 Å². The molecule has 3 rings (SSSR count). The number of rotatable bonds is 5. The number of nitrogens with one attached hydrogen (secondary N) is 1. The normalized spacial score (nSPS) is 10.6. The summed E-state index contributed by atoms with van der Waals surface area (Å²) in [6.45, 7) is 2.45. The highest BCUT2D eigenvalue weighted by molar-refractivity contribution is 6.03. The van der Waals surface area contributed by atoms with Crippen molar-refractivity contribution in [2.75, 3.05) is 12.4 Å². The van der Waals surface area contributed by atoms with E-state index in [0.29, 0.717) is 12.3 Å². The summed E-state index contributed by atoms with van der Waals surface area (Å²) in [4.78, 5) is 12.4. The van der Waals surface area contributed by atoms with Gasteiger partial charge in [0.2, 0.25) is 0 Å². The fraction of sp³-hybridized carbons (Fsp3) is 0.158. The van der Waals surface area contributed by atoms with Gasteiger partial charge < -0.3 is 10.1 Å². The maximum atomic E-state index is 13.3. The maximum absolute atomic E-state index is 13.3. The molecular formula is C19H17F2N3O2. The molecule has 0 aliphatic heterocycles. The number of amides is 1. The molecule has 2 aromatic carbocycles. The molecule has 1 heterocycles. The van der Waals surface area contributed by atoms with Crippen LogP contribution in [0.5, 0.6) is 5.75 Å². The van der Waals surface area contributed by atoms with E-state index < -0.39 is 17.5 Å². The first-order valence-corrected chi connectivity index (χ1v) is 8.01. The van der Waals surface area contributed by atoms with E-state index in [0.717, 1.165) is 23.4 Å². The van der Waals surface area contributed by atoms with Crippen molar-refractivity contribution >= 4 is 11.6 Å². The van der Waals surface area contributed by atoms with Crippen LogP contribution in [0.4, 0.5) is 14.5 Å². The van der Waals surface area contributed by atoms with Crippen LogP contribution in [0, 0.1) is 11.6 Å². The van der Waals surface area contributed by atoms with Crippen LogP contribution in [0.25, 0.3) is 11.3 Å². The van der Waals surface area contributed by atoms with Gasteiger partial charge in [-0.2, -0.15) is 5.10 Å². The van der Waals surface area contributed by atoms with E-state index in [9.17, 15) is 13.6 Å². The maximum Gasteiger partial charge on any atom is 0.276 e. The molecule has 0 aliphatic rings. The van der Waals surface area contributed by atoms with Crippen LogP contribution < -0.4 is 10.1 Å². The molecule has 0 fully saturated rings. The van der Waals surface area contributed by atoms with E-state index in [1.165, 1.54) is 6.07 Å². The summed E-state index contributed by atoms with van der Waals surface area (Å²) in [6, 6.07) is 12.2. The van der Waals surface area contributed by atoms with Crippen LogP contribution in [-0.2, 0) is 6.54 Å². The standard InChI is InChI=1S/C19H17F2N3O2/c1-3-24-17(13-6-4-5-7-18(13)26-2)11-16(23-24)19(25)22-12-8-9-14(20)15(21)10-12/h4-11H,3H2,1-2H3,(H,22,25). The average molecular weight is 357 g/mol. The molecule has 1 amide bonds. The number of halogens is 2. The highest BCUT2D eigenvalue weighted by Gasteiger charge is 2.17. The Morgan fingerprint density at radius 1 is 1.15 bits per heavy atom. The smallest absolute Gasteiger partial charge is 0.276 e. The van der Waals surface area contributed by atoms with Crippen molar-refractivity contribution < 1.29 is 18.3 Å². The number of carbonyl (C=O) groups is 1. The van der Waals surface area contributed by atoms with Gasteiger partial charge >= 0.3 is 0 Å². The first-order valence-electron chi connectivity index (χ1n) is 8.01. The molecule has 0 atom stereocenters. The Hall–Kier alpha value is -3.22. The van der Waals surface area contributed by atoms with Gasteiger partial charge in [0.15, 0.2) is 17.3 Å². The Balaban J connectivity index is 1.92. The van der Waals surface area contributed by atoms with Crippen molar-refractivity contribution in [2.45, 2.75) is 13.5 Å². The van der Waals surface area contributed by atoms with E-state index in [2.05, 4.69) is 10.4 Å². The lowest BCUT2D eigenvalue weighted by Gasteiger charge is -2.09. The third-order valence-electron chi connectivity index (χ3n) is 3.87. The number of para-hydroxylation sites is 1. The topological polar surface area (TPSA) is 56.2 Å². The summed E-state index contributed by atoms with van der Waals surface area (Å²) < 4.78 is 33.4. The van der Waals surface area contributed by atoms with E-state index in [4.69, 9.17) is 4.74 Å². The monoisotopic (exact) mass is 357 g/mol. The van der Waals surface area contributed by atoms with Gasteiger partial charge in [-0.15, -0.1) is 0 Å². The van der Waals surface area contributed by atoms with Crippen LogP contribution in [0.3, 0.4) is 0 Å². The predicted molar refractivity (Wildman–Crippen MR) is 94.2 cm³/mol. The van der Waals surface area contributed by atoms with Gasteiger partial charge in [0.25, 0.3) is 5.91 Å². The van der Waals surface area contributed by atoms with E-state index >= 15 is 0 Å². The van der Waals surface area contributed by atoms with Gasteiger partial charge in [-0.05, 0) is 37.3 Å². The van der Waals surface area contributed by atoms with Crippen molar-refractivity contribution in [3.05, 3.63) is 65.9 Å². The number of anilines is 1. The summed E-state index contributed by atoms with van der Waals surface area (Å²) in [5.74, 6) is -1.86. The molecule has 1 aromatic heterocycles. The van der Waals surface area contributed by atoms with Gasteiger partial charge in [0, 0.05) is 23.9 Å². The van der Waals surface area contributed by atoms with Crippen molar-refractivity contribution in [3.8, 4) is 17.0 Å². The number of hydrogen-bond donors (Lipinski definition) is 1. The van der Waals surface area contributed by atoms with Crippen molar-refractivity contribution in [2.24, 2.45) is 0 Å². The number of methoxy groups -OCH3 is 1. The highest BCUT2D eigenvalue weighted by Crippen LogP contribution is 2.30. The molecule has 0 bridgehead atoms. The third-order valence-corrected chi connectivity index (χ3v) is 3.87. The summed E-state index contributed by atoms with van der Waals surface area (Å²) >= 11 is 0. The largest absolute Gasteiger partial charge is 0.496 e. The molecule has 7 heteroatoms. The molecule has 0 aliphatic carbocycles. The number of nitrogens with zero attached hydrogens (tertiary/aromatic N) is 2. The lowest BCUT2D eigenvalue weighted by Crippen LogP contribution is -2.13. The van der Waals surface area contributed by atoms with E-state index in [1.807, 2.05) is 31.2 Å². The molecule has 26 heavy (non-hydrogen) atoms. The number of carbonyl (C=O) groups excluding carboxylic acids is 1. The Bertz CT molecular complexity index is 954. The molecule has 0 saturated carbocycles. The predicted octanol–water partition coefficient (Wildman–Crippen LogP) is 4.11. The molecule has 0 unspecified atom stereocenters. The van der Waals surface area contributed by atoms with Crippen molar-refractivity contribution in [1.82, 2.24) is 9.78 Å². The Morgan fingerprint density at radius 3 is 2.62 bits per heavy atom. The molecule has 0 spiro atoms. The summed E-state index contributed by atoms with van der Waals surface area (Å²) in [5.41, 5.74) is 1.84. The fourth-order valence-electron chi connectivity index (χ4n) is 2.61. The molecular weight excluding hydrogens is 340 g/mol. The lowest BCUT2D eigenvalue weighted by atomic mass is 10.1. The molecule has 0 saturated heterocycles. The Kier molecular flexibility index (Phi) is 4.97. The van der Waals surface area contributed by atoms with Gasteiger partial charge in [-0.25, -0.2) is 8.78 Å². The molecule has 0 radical (unpaired) electrons. The molecule has 5 nitrogen and oxygen atoms in total. The van der Waals surface area contributed by atoms with Gasteiger partial charge in [-0.3, -0.25) is 9.48 Å². The second-order valence-electron chi connectivity index (χ2n) is 5.51. The number of ether oxygens (including phenoxy) is 1. The van der Waals surface area contributed by atoms with Crippen LogP contribution in [0.15, 0.2) is 48.5 Å². The zero-order valence-electron chi connectivity index (χ0n) is 14.3. The number of aromatic nitrogens is 2. The third kappa shape index (κ3) is 3.42. The molecule has 3 aromatic rings. The summed E-state index contributed by atoms with van der Waals surface area (Å²) in [6.07, 6.45) is 0. The first kappa shape index (κ1) is 17.6.